The van der Waals surface area contributed by atoms with E-state index in [1.807, 2.05) is 17.0 Å². The van der Waals surface area contributed by atoms with Gasteiger partial charge in [0.15, 0.2) is 11.5 Å². The maximum atomic E-state index is 15.9. The number of nitrogens with zero attached hydrogens (tertiary/aromatic N) is 7. The van der Waals surface area contributed by atoms with Crippen LogP contribution in [0.2, 0.25) is 5.02 Å². The maximum Gasteiger partial charge on any atom is 0.328 e. The summed E-state index contributed by atoms with van der Waals surface area (Å²) in [4.78, 5) is 42.7. The number of nitriles is 1. The normalized spacial score (nSPS) is 23.2. The fourth-order valence-electron chi connectivity index (χ4n) is 8.73. The molecule has 3 aliphatic heterocycles. The molecular weight excluding hydrogens is 756 g/mol. The lowest BCUT2D eigenvalue weighted by molar-refractivity contribution is -0.120. The van der Waals surface area contributed by atoms with E-state index in [1.165, 1.54) is 4.90 Å². The van der Waals surface area contributed by atoms with Crippen LogP contribution in [0.25, 0.3) is 10.9 Å². The van der Waals surface area contributed by atoms with E-state index in [0.717, 1.165) is 51.6 Å². The molecular formula is C41H44ClF2N9O4. The van der Waals surface area contributed by atoms with E-state index in [4.69, 9.17) is 21.6 Å². The molecule has 0 bridgehead atoms. The molecule has 1 unspecified atom stereocenters. The van der Waals surface area contributed by atoms with Crippen molar-refractivity contribution < 1.29 is 27.9 Å². The molecule has 2 aromatic heterocycles. The Morgan fingerprint density at radius 2 is 1.79 bits per heavy atom. The van der Waals surface area contributed by atoms with Gasteiger partial charge < -0.3 is 19.5 Å². The third kappa shape index (κ3) is 8.38. The molecule has 8 rings (SSSR count). The SMILES string of the molecule is N#Cc1ccc(O[C@H]2CC[C@H](NC(=O)c3ccc(N4CCC(CN5CCC(n6ccc7c(N8CCC(=O)NC8=O)cccc76)C(F)(F)C5)CC4)nn3)CC2)cc1Cl. The number of carbonyl (C=O) groups excluding carboxylic acids is 3. The number of alkyl halides is 2. The molecule has 16 heteroatoms. The van der Waals surface area contributed by atoms with Crippen LogP contribution in [0.15, 0.2) is 60.8 Å². The largest absolute Gasteiger partial charge is 0.490 e. The fraction of sp³-hybridized carbons (Fsp3) is 0.463. The van der Waals surface area contributed by atoms with Gasteiger partial charge in [-0.25, -0.2) is 13.6 Å². The molecule has 4 amide bonds. The van der Waals surface area contributed by atoms with Gasteiger partial charge in [0.1, 0.15) is 11.8 Å². The van der Waals surface area contributed by atoms with E-state index >= 15 is 8.78 Å². The number of nitrogens with one attached hydrogen (secondary N) is 2. The van der Waals surface area contributed by atoms with Crippen molar-refractivity contribution in [2.45, 2.75) is 75.5 Å². The number of hydrogen-bond donors (Lipinski definition) is 2. The van der Waals surface area contributed by atoms with E-state index in [0.29, 0.717) is 58.3 Å². The highest BCUT2D eigenvalue weighted by Gasteiger charge is 2.46. The number of benzene rings is 2. The Hall–Kier alpha value is -5.33. The Balaban J connectivity index is 0.788. The maximum absolute atomic E-state index is 15.9. The predicted molar refractivity (Wildman–Crippen MR) is 210 cm³/mol. The Labute approximate surface area is 333 Å². The number of imide groups is 1. The average molecular weight is 800 g/mol. The summed E-state index contributed by atoms with van der Waals surface area (Å²) in [6.07, 6.45) is 6.88. The molecule has 57 heavy (non-hydrogen) atoms. The molecule has 1 saturated carbocycles. The number of hydrogen-bond acceptors (Lipinski definition) is 9. The first-order valence-corrected chi connectivity index (χ1v) is 20.0. The second kappa shape index (κ2) is 16.3. The average Bonchev–Trinajstić information content (AvgIpc) is 3.63. The number of ether oxygens (including phenoxy) is 1. The Bertz CT molecular complexity index is 2180. The van der Waals surface area contributed by atoms with Gasteiger partial charge in [-0.3, -0.25) is 24.7 Å². The van der Waals surface area contributed by atoms with Gasteiger partial charge in [0.2, 0.25) is 5.91 Å². The standard InChI is InChI=1S/C41H44ClF2N9O4/c42-32-22-30(7-4-27(32)23-45)57-29-8-5-28(6-9-29)46-39(55)33-10-11-37(49-48-33)51-18-12-26(13-19-51)24-50-17-15-36(41(43,44)25-50)52-20-14-31-34(52)2-1-3-35(31)53-21-16-38(54)47-40(53)56/h1-4,7,10-11,14,20,22,26,28-29,36H,5-6,8-9,12-13,15-19,21,24-25H2,(H,46,55)(H,47,54,56)/t28-,29-,36?. The van der Waals surface area contributed by atoms with Crippen molar-refractivity contribution in [1.82, 2.24) is 30.3 Å². The monoisotopic (exact) mass is 799 g/mol. The number of halogens is 3. The lowest BCUT2D eigenvalue weighted by Crippen LogP contribution is -2.51. The fourth-order valence-corrected chi connectivity index (χ4v) is 8.94. The van der Waals surface area contributed by atoms with Crippen molar-refractivity contribution in [2.75, 3.05) is 49.1 Å². The Morgan fingerprint density at radius 3 is 2.49 bits per heavy atom. The minimum absolute atomic E-state index is 0.000337. The minimum Gasteiger partial charge on any atom is -0.490 e. The van der Waals surface area contributed by atoms with Crippen molar-refractivity contribution in [1.29, 1.82) is 5.26 Å². The molecule has 13 nitrogen and oxygen atoms in total. The van der Waals surface area contributed by atoms with Crippen molar-refractivity contribution in [3.63, 3.8) is 0 Å². The smallest absolute Gasteiger partial charge is 0.328 e. The van der Waals surface area contributed by atoms with Crippen LogP contribution in [0.1, 0.15) is 73.5 Å². The predicted octanol–water partition coefficient (Wildman–Crippen LogP) is 6.32. The summed E-state index contributed by atoms with van der Waals surface area (Å²) in [5.74, 6) is -1.97. The Kier molecular flexibility index (Phi) is 11.0. The molecule has 1 aliphatic carbocycles. The van der Waals surface area contributed by atoms with Gasteiger partial charge in [-0.2, -0.15) is 5.26 Å². The van der Waals surface area contributed by atoms with Crippen molar-refractivity contribution in [3.05, 3.63) is 77.1 Å². The van der Waals surface area contributed by atoms with Gasteiger partial charge in [-0.15, -0.1) is 10.2 Å². The van der Waals surface area contributed by atoms with Crippen LogP contribution in [-0.2, 0) is 4.79 Å². The lowest BCUT2D eigenvalue weighted by atomic mass is 9.92. The number of carbonyl (C=O) groups is 3. The zero-order valence-corrected chi connectivity index (χ0v) is 32.1. The third-order valence-corrected chi connectivity index (χ3v) is 12.1. The number of amides is 4. The van der Waals surface area contributed by atoms with Gasteiger partial charge in [0.25, 0.3) is 11.8 Å². The van der Waals surface area contributed by atoms with Crippen LogP contribution in [0.4, 0.5) is 25.1 Å². The van der Waals surface area contributed by atoms with E-state index in [2.05, 4.69) is 25.7 Å². The summed E-state index contributed by atoms with van der Waals surface area (Å²) in [6, 6.07) is 16.2. The summed E-state index contributed by atoms with van der Waals surface area (Å²) < 4.78 is 39.5. The van der Waals surface area contributed by atoms with Crippen molar-refractivity contribution in [3.8, 4) is 11.8 Å². The quantitative estimate of drug-likeness (QED) is 0.199. The number of fused-ring (bicyclic) bond motifs is 1. The molecule has 3 saturated heterocycles. The van der Waals surface area contributed by atoms with Gasteiger partial charge >= 0.3 is 6.03 Å². The van der Waals surface area contributed by atoms with Crippen LogP contribution in [0, 0.1) is 17.2 Å². The van der Waals surface area contributed by atoms with Gasteiger partial charge in [0, 0.05) is 62.8 Å². The van der Waals surface area contributed by atoms with Crippen LogP contribution in [-0.4, -0.2) is 94.8 Å². The minimum atomic E-state index is -2.96. The zero-order valence-electron chi connectivity index (χ0n) is 31.4. The molecule has 298 valence electrons. The van der Waals surface area contributed by atoms with Gasteiger partial charge in [-0.1, -0.05) is 17.7 Å². The number of anilines is 2. The summed E-state index contributed by atoms with van der Waals surface area (Å²) in [7, 11) is 0. The number of likely N-dealkylation sites (tertiary alicyclic amines) is 1. The Morgan fingerprint density at radius 1 is 0.982 bits per heavy atom. The highest BCUT2D eigenvalue weighted by Crippen LogP contribution is 2.41. The summed E-state index contributed by atoms with van der Waals surface area (Å²) in [6.45, 7) is 2.50. The summed E-state index contributed by atoms with van der Waals surface area (Å²) in [5, 5.41) is 24.1. The van der Waals surface area contributed by atoms with E-state index in [1.54, 1.807) is 59.3 Å². The topological polar surface area (TPSA) is 149 Å². The van der Waals surface area contributed by atoms with Gasteiger partial charge in [-0.05, 0) is 93.3 Å². The van der Waals surface area contributed by atoms with E-state index in [9.17, 15) is 14.4 Å². The molecule has 0 radical (unpaired) electrons. The summed E-state index contributed by atoms with van der Waals surface area (Å²) >= 11 is 6.14. The van der Waals surface area contributed by atoms with Crippen LogP contribution < -0.4 is 25.2 Å². The number of urea groups is 1. The van der Waals surface area contributed by atoms with Gasteiger partial charge in [0.05, 0.1) is 40.5 Å². The van der Waals surface area contributed by atoms with E-state index in [-0.39, 0.29) is 55.1 Å². The first-order chi connectivity index (χ1) is 27.5. The lowest BCUT2D eigenvalue weighted by Gasteiger charge is -2.42. The molecule has 2 aromatic carbocycles. The van der Waals surface area contributed by atoms with Crippen LogP contribution in [0.5, 0.6) is 5.75 Å². The highest BCUT2D eigenvalue weighted by molar-refractivity contribution is 6.31. The molecule has 1 atom stereocenters. The number of aromatic nitrogens is 3. The highest BCUT2D eigenvalue weighted by atomic mass is 35.5. The van der Waals surface area contributed by atoms with E-state index < -0.39 is 18.0 Å². The number of piperidine rings is 2. The number of rotatable bonds is 9. The zero-order chi connectivity index (χ0) is 39.7. The van der Waals surface area contributed by atoms with Crippen LogP contribution in [0.3, 0.4) is 0 Å². The van der Waals surface area contributed by atoms with Crippen molar-refractivity contribution >= 4 is 51.9 Å². The van der Waals surface area contributed by atoms with Crippen molar-refractivity contribution in [2.24, 2.45) is 5.92 Å². The first kappa shape index (κ1) is 38.5. The first-order valence-electron chi connectivity index (χ1n) is 19.6. The molecule has 4 aliphatic rings. The molecule has 4 aromatic rings. The molecule has 4 fully saturated rings. The molecule has 2 N–H and O–H groups in total. The summed E-state index contributed by atoms with van der Waals surface area (Å²) in [5.41, 5.74) is 1.89. The van der Waals surface area contributed by atoms with Crippen LogP contribution >= 0.6 is 11.6 Å². The molecule has 0 spiro atoms. The second-order valence-corrected chi connectivity index (χ2v) is 15.9. The molecule has 5 heterocycles. The second-order valence-electron chi connectivity index (χ2n) is 15.5. The third-order valence-electron chi connectivity index (χ3n) is 11.8.